The molecule has 0 N–H and O–H groups in total. The van der Waals surface area contributed by atoms with E-state index in [2.05, 4.69) is 0 Å². The Bertz CT molecular complexity index is 664. The number of hydrogen-bond acceptors (Lipinski definition) is 4. The van der Waals surface area contributed by atoms with Crippen LogP contribution in [0.2, 0.25) is 0 Å². The van der Waals surface area contributed by atoms with Gasteiger partial charge in [-0.2, -0.15) is 4.31 Å². The Kier molecular flexibility index (Phi) is 3.95. The second-order valence-electron chi connectivity index (χ2n) is 6.73. The molecule has 0 saturated carbocycles. The van der Waals surface area contributed by atoms with Crippen LogP contribution in [0, 0.1) is 12.3 Å². The third-order valence-corrected chi connectivity index (χ3v) is 6.73. The quantitative estimate of drug-likeness (QED) is 0.851. The molecule has 0 unspecified atom stereocenters. The highest BCUT2D eigenvalue weighted by molar-refractivity contribution is 7.89. The third kappa shape index (κ3) is 2.64. The molecule has 122 valence electrons. The molecule has 0 radical (unpaired) electrons. The molecule has 5 nitrogen and oxygen atoms in total. The van der Waals surface area contributed by atoms with E-state index in [4.69, 9.17) is 4.74 Å². The Morgan fingerprint density at radius 2 is 2.05 bits per heavy atom. The lowest BCUT2D eigenvalue weighted by Crippen LogP contribution is -2.32. The van der Waals surface area contributed by atoms with Gasteiger partial charge in [0, 0.05) is 44.9 Å². The molecule has 1 aromatic rings. The maximum atomic E-state index is 12.9. The summed E-state index contributed by atoms with van der Waals surface area (Å²) in [5.41, 5.74) is 2.06. The molecule has 0 amide bonds. The van der Waals surface area contributed by atoms with Gasteiger partial charge in [0.1, 0.15) is 0 Å². The van der Waals surface area contributed by atoms with Gasteiger partial charge in [0.25, 0.3) is 0 Å². The summed E-state index contributed by atoms with van der Waals surface area (Å²) in [6.45, 7) is 4.61. The lowest BCUT2D eigenvalue weighted by Gasteiger charge is -2.23. The number of anilines is 1. The number of rotatable bonds is 3. The smallest absolute Gasteiger partial charge is 0.243 e. The van der Waals surface area contributed by atoms with E-state index in [1.807, 2.05) is 32.0 Å². The Hall–Kier alpha value is -1.11. The van der Waals surface area contributed by atoms with Crippen LogP contribution in [0.3, 0.4) is 0 Å². The summed E-state index contributed by atoms with van der Waals surface area (Å²) in [4.78, 5) is 2.34. The largest absolute Gasteiger partial charge is 0.381 e. The van der Waals surface area contributed by atoms with Crippen LogP contribution < -0.4 is 4.90 Å². The van der Waals surface area contributed by atoms with Gasteiger partial charge < -0.3 is 9.64 Å². The molecule has 3 rings (SSSR count). The van der Waals surface area contributed by atoms with Crippen molar-refractivity contribution >= 4 is 15.7 Å². The van der Waals surface area contributed by atoms with Crippen molar-refractivity contribution < 1.29 is 13.2 Å². The van der Waals surface area contributed by atoms with Gasteiger partial charge in [-0.05, 0) is 37.5 Å². The first-order valence-electron chi connectivity index (χ1n) is 7.70. The molecule has 2 fully saturated rings. The summed E-state index contributed by atoms with van der Waals surface area (Å²) in [5.74, 6) is 0. The van der Waals surface area contributed by atoms with Crippen LogP contribution in [-0.2, 0) is 14.8 Å². The van der Waals surface area contributed by atoms with Crippen molar-refractivity contribution in [3.63, 3.8) is 0 Å². The summed E-state index contributed by atoms with van der Waals surface area (Å²) in [5, 5.41) is 0. The van der Waals surface area contributed by atoms with E-state index in [9.17, 15) is 8.42 Å². The van der Waals surface area contributed by atoms with Gasteiger partial charge in [-0.25, -0.2) is 8.42 Å². The lowest BCUT2D eigenvalue weighted by molar-refractivity contribution is 0.157. The van der Waals surface area contributed by atoms with Crippen molar-refractivity contribution in [2.75, 3.05) is 45.3 Å². The fraction of sp³-hybridized carbons (Fsp3) is 0.625. The van der Waals surface area contributed by atoms with Crippen LogP contribution in [0.5, 0.6) is 0 Å². The highest BCUT2D eigenvalue weighted by Crippen LogP contribution is 2.40. The van der Waals surface area contributed by atoms with Crippen molar-refractivity contribution in [2.45, 2.75) is 24.7 Å². The predicted molar refractivity (Wildman–Crippen MR) is 86.8 cm³/mol. The van der Waals surface area contributed by atoms with Crippen molar-refractivity contribution in [3.05, 3.63) is 23.8 Å². The molecule has 2 saturated heterocycles. The monoisotopic (exact) mass is 324 g/mol. The first kappa shape index (κ1) is 15.8. The molecule has 2 aliphatic heterocycles. The molecule has 1 aromatic carbocycles. The number of aryl methyl sites for hydroxylation is 1. The minimum Gasteiger partial charge on any atom is -0.381 e. The zero-order valence-corrected chi connectivity index (χ0v) is 14.3. The van der Waals surface area contributed by atoms with E-state index in [1.165, 1.54) is 0 Å². The van der Waals surface area contributed by atoms with Gasteiger partial charge in [-0.1, -0.05) is 6.07 Å². The standard InChI is InChI=1S/C16H24N2O3S/c1-13-4-5-14(10-15(13)17(2)3)22(19,20)18-8-6-16(11-18)7-9-21-12-16/h4-5,10H,6-9,11-12H2,1-3H3/t16-/m1/s1. The van der Waals surface area contributed by atoms with E-state index in [1.54, 1.807) is 16.4 Å². The molecular formula is C16H24N2O3S. The minimum atomic E-state index is -3.42. The Balaban J connectivity index is 1.89. The maximum Gasteiger partial charge on any atom is 0.243 e. The second kappa shape index (κ2) is 5.51. The molecule has 1 atom stereocenters. The summed E-state index contributed by atoms with van der Waals surface area (Å²) in [7, 11) is 0.436. The second-order valence-corrected chi connectivity index (χ2v) is 8.67. The Labute approximate surface area is 132 Å². The summed E-state index contributed by atoms with van der Waals surface area (Å²) in [6.07, 6.45) is 1.87. The van der Waals surface area contributed by atoms with E-state index >= 15 is 0 Å². The summed E-state index contributed by atoms with van der Waals surface area (Å²) >= 11 is 0. The van der Waals surface area contributed by atoms with Crippen LogP contribution >= 0.6 is 0 Å². The van der Waals surface area contributed by atoms with Gasteiger partial charge in [0.2, 0.25) is 10.0 Å². The maximum absolute atomic E-state index is 12.9. The van der Waals surface area contributed by atoms with Gasteiger partial charge in [0.05, 0.1) is 11.5 Å². The predicted octanol–water partition coefficient (Wildman–Crippen LogP) is 1.86. The molecule has 0 bridgehead atoms. The number of nitrogens with zero attached hydrogens (tertiary/aromatic N) is 2. The molecule has 0 aromatic heterocycles. The fourth-order valence-corrected chi connectivity index (χ4v) is 5.03. The van der Waals surface area contributed by atoms with Crippen LogP contribution in [-0.4, -0.2) is 53.1 Å². The topological polar surface area (TPSA) is 49.9 Å². The van der Waals surface area contributed by atoms with Gasteiger partial charge in [-0.3, -0.25) is 0 Å². The third-order valence-electron chi connectivity index (χ3n) is 4.89. The van der Waals surface area contributed by atoms with E-state index in [0.29, 0.717) is 24.6 Å². The first-order chi connectivity index (χ1) is 10.3. The van der Waals surface area contributed by atoms with Crippen LogP contribution in [0.4, 0.5) is 5.69 Å². The molecule has 1 spiro atoms. The zero-order chi connectivity index (χ0) is 16.0. The number of ether oxygens (including phenoxy) is 1. The fourth-order valence-electron chi connectivity index (χ4n) is 3.45. The van der Waals surface area contributed by atoms with Crippen molar-refractivity contribution in [1.29, 1.82) is 0 Å². The lowest BCUT2D eigenvalue weighted by atomic mass is 9.87. The summed E-state index contributed by atoms with van der Waals surface area (Å²) < 4.78 is 33.0. The number of sulfonamides is 1. The molecular weight excluding hydrogens is 300 g/mol. The van der Waals surface area contributed by atoms with Crippen molar-refractivity contribution in [3.8, 4) is 0 Å². The van der Waals surface area contributed by atoms with Crippen LogP contribution in [0.25, 0.3) is 0 Å². The molecule has 22 heavy (non-hydrogen) atoms. The highest BCUT2D eigenvalue weighted by atomic mass is 32.2. The van der Waals surface area contributed by atoms with Crippen LogP contribution in [0.1, 0.15) is 18.4 Å². The molecule has 0 aliphatic carbocycles. The van der Waals surface area contributed by atoms with E-state index in [-0.39, 0.29) is 5.41 Å². The average molecular weight is 324 g/mol. The first-order valence-corrected chi connectivity index (χ1v) is 9.14. The number of hydrogen-bond donors (Lipinski definition) is 0. The molecule has 6 heteroatoms. The van der Waals surface area contributed by atoms with Crippen LogP contribution in [0.15, 0.2) is 23.1 Å². The van der Waals surface area contributed by atoms with Crippen molar-refractivity contribution in [1.82, 2.24) is 4.31 Å². The van der Waals surface area contributed by atoms with Gasteiger partial charge in [-0.15, -0.1) is 0 Å². The van der Waals surface area contributed by atoms with E-state index in [0.717, 1.165) is 30.7 Å². The average Bonchev–Trinajstić information content (AvgIpc) is 3.10. The Morgan fingerprint density at radius 1 is 1.27 bits per heavy atom. The molecule has 2 heterocycles. The SMILES string of the molecule is Cc1ccc(S(=O)(=O)N2CC[C@@]3(CCOC3)C2)cc1N(C)C. The Morgan fingerprint density at radius 3 is 2.68 bits per heavy atom. The van der Waals surface area contributed by atoms with Crippen molar-refractivity contribution in [2.24, 2.45) is 5.41 Å². The minimum absolute atomic E-state index is 0.0438. The van der Waals surface area contributed by atoms with Gasteiger partial charge in [0.15, 0.2) is 0 Å². The molecule has 2 aliphatic rings. The normalized spacial score (nSPS) is 26.0. The highest BCUT2D eigenvalue weighted by Gasteiger charge is 2.45. The zero-order valence-electron chi connectivity index (χ0n) is 13.5. The number of benzene rings is 1. The summed E-state index contributed by atoms with van der Waals surface area (Å²) in [6, 6.07) is 5.38. The van der Waals surface area contributed by atoms with E-state index < -0.39 is 10.0 Å². The van der Waals surface area contributed by atoms with Gasteiger partial charge >= 0.3 is 0 Å².